The molecule has 2 rings (SSSR count). The van der Waals surface area contributed by atoms with Crippen LogP contribution in [-0.4, -0.2) is 56.2 Å². The number of ether oxygens (including phenoxy) is 1. The van der Waals surface area contributed by atoms with Crippen LogP contribution in [0.4, 0.5) is 0 Å². The van der Waals surface area contributed by atoms with E-state index in [4.69, 9.17) is 10.5 Å². The van der Waals surface area contributed by atoms with Gasteiger partial charge in [-0.05, 0) is 19.4 Å². The van der Waals surface area contributed by atoms with Gasteiger partial charge in [0.05, 0.1) is 18.1 Å². The molecule has 1 unspecified atom stereocenters. The molecule has 3 N–H and O–H groups in total. The predicted octanol–water partition coefficient (Wildman–Crippen LogP) is 1.12. The second kappa shape index (κ2) is 8.11. The summed E-state index contributed by atoms with van der Waals surface area (Å²) in [6, 6.07) is 0. The Morgan fingerprint density at radius 2 is 2.05 bits per heavy atom. The lowest BCUT2D eigenvalue weighted by atomic mass is 9.79. The molecule has 1 atom stereocenters. The van der Waals surface area contributed by atoms with Crippen molar-refractivity contribution < 1.29 is 9.53 Å². The Morgan fingerprint density at radius 3 is 2.67 bits per heavy atom. The molecule has 1 aliphatic carbocycles. The van der Waals surface area contributed by atoms with Crippen molar-refractivity contribution in [3.8, 4) is 0 Å². The Labute approximate surface area is 128 Å². The number of nitrogens with zero attached hydrogens (tertiary/aromatic N) is 1. The van der Waals surface area contributed by atoms with Crippen molar-refractivity contribution in [2.24, 2.45) is 11.1 Å². The zero-order valence-corrected chi connectivity index (χ0v) is 13.4. The van der Waals surface area contributed by atoms with Crippen LogP contribution in [0.15, 0.2) is 0 Å². The van der Waals surface area contributed by atoms with E-state index in [0.29, 0.717) is 13.1 Å². The van der Waals surface area contributed by atoms with E-state index in [1.54, 1.807) is 0 Å². The van der Waals surface area contributed by atoms with Crippen LogP contribution < -0.4 is 11.1 Å². The summed E-state index contributed by atoms with van der Waals surface area (Å²) in [5.74, 6) is 0.143. The molecule has 2 aliphatic rings. The van der Waals surface area contributed by atoms with Crippen molar-refractivity contribution in [1.82, 2.24) is 10.2 Å². The minimum absolute atomic E-state index is 0.114. The van der Waals surface area contributed by atoms with Crippen molar-refractivity contribution in [3.05, 3.63) is 0 Å². The van der Waals surface area contributed by atoms with Crippen LogP contribution in [-0.2, 0) is 9.53 Å². The van der Waals surface area contributed by atoms with Gasteiger partial charge in [0, 0.05) is 26.2 Å². The lowest BCUT2D eigenvalue weighted by Crippen LogP contribution is -2.51. The number of likely N-dealkylation sites (N-methyl/N-ethyl adjacent to an activating group) is 1. The van der Waals surface area contributed by atoms with Crippen LogP contribution in [0, 0.1) is 5.41 Å². The van der Waals surface area contributed by atoms with Crippen LogP contribution in [0.3, 0.4) is 0 Å². The third kappa shape index (κ3) is 4.41. The Kier molecular flexibility index (Phi) is 6.45. The monoisotopic (exact) mass is 297 g/mol. The van der Waals surface area contributed by atoms with Gasteiger partial charge in [-0.3, -0.25) is 9.69 Å². The number of amides is 1. The maximum atomic E-state index is 12.6. The first kappa shape index (κ1) is 16.7. The van der Waals surface area contributed by atoms with Crippen LogP contribution in [0.5, 0.6) is 0 Å². The van der Waals surface area contributed by atoms with E-state index in [9.17, 15) is 4.79 Å². The van der Waals surface area contributed by atoms with Crippen LogP contribution >= 0.6 is 0 Å². The van der Waals surface area contributed by atoms with E-state index in [1.165, 1.54) is 12.8 Å². The lowest BCUT2D eigenvalue weighted by molar-refractivity contribution is -0.132. The molecule has 0 aromatic carbocycles. The Hall–Kier alpha value is -0.650. The van der Waals surface area contributed by atoms with Gasteiger partial charge >= 0.3 is 0 Å². The topological polar surface area (TPSA) is 67.6 Å². The van der Waals surface area contributed by atoms with Gasteiger partial charge in [-0.15, -0.1) is 0 Å². The standard InChI is InChI=1S/C16H31N3O2/c1-2-19-9-10-21-14(12-19)11-18-15(20)16(13-17)7-5-3-4-6-8-16/h14H,2-13,17H2,1H3,(H,18,20). The number of rotatable bonds is 5. The van der Waals surface area contributed by atoms with Gasteiger partial charge in [0.25, 0.3) is 0 Å². The fraction of sp³-hybridized carbons (Fsp3) is 0.938. The van der Waals surface area contributed by atoms with Gasteiger partial charge in [-0.25, -0.2) is 0 Å². The summed E-state index contributed by atoms with van der Waals surface area (Å²) in [7, 11) is 0. The molecule has 1 saturated heterocycles. The molecule has 1 saturated carbocycles. The van der Waals surface area contributed by atoms with Crippen molar-refractivity contribution >= 4 is 5.91 Å². The highest BCUT2D eigenvalue weighted by Gasteiger charge is 2.37. The summed E-state index contributed by atoms with van der Waals surface area (Å²) in [6.45, 7) is 6.94. The first-order chi connectivity index (χ1) is 10.2. The fourth-order valence-electron chi connectivity index (χ4n) is 3.51. The molecular formula is C16H31N3O2. The third-order valence-electron chi connectivity index (χ3n) is 5.09. The van der Waals surface area contributed by atoms with Gasteiger partial charge in [-0.2, -0.15) is 0 Å². The highest BCUT2D eigenvalue weighted by atomic mass is 16.5. The summed E-state index contributed by atoms with van der Waals surface area (Å²) >= 11 is 0. The number of morpholine rings is 1. The zero-order chi connectivity index (χ0) is 15.1. The predicted molar refractivity (Wildman–Crippen MR) is 84.1 cm³/mol. The Morgan fingerprint density at radius 1 is 1.33 bits per heavy atom. The van der Waals surface area contributed by atoms with Crippen molar-refractivity contribution in [1.29, 1.82) is 0 Å². The maximum absolute atomic E-state index is 12.6. The van der Waals surface area contributed by atoms with E-state index in [0.717, 1.165) is 51.9 Å². The normalized spacial score (nSPS) is 27.0. The number of hydrogen-bond acceptors (Lipinski definition) is 4. The minimum atomic E-state index is -0.338. The van der Waals surface area contributed by atoms with Crippen LogP contribution in [0.2, 0.25) is 0 Å². The molecule has 0 aromatic heterocycles. The lowest BCUT2D eigenvalue weighted by Gasteiger charge is -2.34. The number of carbonyl (C=O) groups is 1. The summed E-state index contributed by atoms with van der Waals surface area (Å²) in [5.41, 5.74) is 5.62. The largest absolute Gasteiger partial charge is 0.374 e. The molecule has 1 heterocycles. The van der Waals surface area contributed by atoms with Crippen molar-refractivity contribution in [2.75, 3.05) is 39.3 Å². The van der Waals surface area contributed by atoms with Crippen molar-refractivity contribution in [3.63, 3.8) is 0 Å². The van der Waals surface area contributed by atoms with E-state index in [2.05, 4.69) is 17.1 Å². The van der Waals surface area contributed by atoms with Gasteiger partial charge in [0.2, 0.25) is 5.91 Å². The van der Waals surface area contributed by atoms with E-state index < -0.39 is 0 Å². The van der Waals surface area contributed by atoms with Gasteiger partial charge in [0.15, 0.2) is 0 Å². The average molecular weight is 297 g/mol. The van der Waals surface area contributed by atoms with E-state index >= 15 is 0 Å². The summed E-state index contributed by atoms with van der Waals surface area (Å²) in [5, 5.41) is 3.12. The Bertz CT molecular complexity index is 327. The second-order valence-corrected chi connectivity index (χ2v) is 6.49. The summed E-state index contributed by atoms with van der Waals surface area (Å²) in [6.07, 6.45) is 6.67. The highest BCUT2D eigenvalue weighted by molar-refractivity contribution is 5.83. The highest BCUT2D eigenvalue weighted by Crippen LogP contribution is 2.34. The number of hydrogen-bond donors (Lipinski definition) is 2. The second-order valence-electron chi connectivity index (χ2n) is 6.49. The molecule has 5 nitrogen and oxygen atoms in total. The molecule has 122 valence electrons. The van der Waals surface area contributed by atoms with Gasteiger partial charge in [0.1, 0.15) is 0 Å². The van der Waals surface area contributed by atoms with Crippen LogP contribution in [0.25, 0.3) is 0 Å². The number of carbonyl (C=O) groups excluding carboxylic acids is 1. The fourth-order valence-corrected chi connectivity index (χ4v) is 3.51. The molecule has 1 aliphatic heterocycles. The molecule has 0 aromatic rings. The first-order valence-electron chi connectivity index (χ1n) is 8.52. The quantitative estimate of drug-likeness (QED) is 0.746. The molecule has 2 fully saturated rings. The number of nitrogens with two attached hydrogens (primary N) is 1. The van der Waals surface area contributed by atoms with Gasteiger partial charge < -0.3 is 15.8 Å². The molecular weight excluding hydrogens is 266 g/mol. The first-order valence-corrected chi connectivity index (χ1v) is 8.52. The average Bonchev–Trinajstić information content (AvgIpc) is 2.79. The van der Waals surface area contributed by atoms with Crippen molar-refractivity contribution in [2.45, 2.75) is 51.6 Å². The molecule has 0 radical (unpaired) electrons. The SMILES string of the molecule is CCN1CCOC(CNC(=O)C2(CN)CCCCCC2)C1. The smallest absolute Gasteiger partial charge is 0.227 e. The Balaban J connectivity index is 1.84. The molecule has 0 bridgehead atoms. The molecule has 21 heavy (non-hydrogen) atoms. The summed E-state index contributed by atoms with van der Waals surface area (Å²) < 4.78 is 5.75. The van der Waals surface area contributed by atoms with Crippen LogP contribution in [0.1, 0.15) is 45.4 Å². The molecule has 1 amide bonds. The zero-order valence-electron chi connectivity index (χ0n) is 13.4. The maximum Gasteiger partial charge on any atom is 0.227 e. The number of nitrogens with one attached hydrogen (secondary N) is 1. The minimum Gasteiger partial charge on any atom is -0.374 e. The van der Waals surface area contributed by atoms with E-state index in [-0.39, 0.29) is 17.4 Å². The van der Waals surface area contributed by atoms with Gasteiger partial charge in [-0.1, -0.05) is 32.6 Å². The summed E-state index contributed by atoms with van der Waals surface area (Å²) in [4.78, 5) is 15.0. The van der Waals surface area contributed by atoms with E-state index in [1.807, 2.05) is 0 Å². The molecule has 5 heteroatoms. The molecule has 0 spiro atoms. The third-order valence-corrected chi connectivity index (χ3v) is 5.09.